The highest BCUT2D eigenvalue weighted by molar-refractivity contribution is 6.58. The highest BCUT2D eigenvalue weighted by Crippen LogP contribution is 2.36. The molecule has 1 aliphatic carbocycles. The van der Waals surface area contributed by atoms with Gasteiger partial charge in [0.05, 0.1) is 0 Å². The average Bonchev–Trinajstić information content (AvgIpc) is 2.35. The van der Waals surface area contributed by atoms with E-state index in [1.165, 1.54) is 16.3 Å². The molecule has 0 saturated carbocycles. The number of hydrogen-bond donors (Lipinski definition) is 0. The fraction of sp³-hybridized carbons (Fsp3) is 0.0667. The van der Waals surface area contributed by atoms with Crippen LogP contribution < -0.4 is 0 Å². The second-order valence-corrected chi connectivity index (χ2v) is 5.08. The van der Waals surface area contributed by atoms with Gasteiger partial charge in [0.25, 0.3) is 0 Å². The van der Waals surface area contributed by atoms with Crippen molar-refractivity contribution >= 4 is 45.6 Å². The summed E-state index contributed by atoms with van der Waals surface area (Å²) in [6, 6.07) is 12.6. The highest BCUT2D eigenvalue weighted by atomic mass is 35.5. The Morgan fingerprint density at radius 3 is 2.41 bits per heavy atom. The first-order valence-electron chi connectivity index (χ1n) is 5.49. The normalized spacial score (nSPS) is 13.9. The molecule has 84 valence electrons. The molecule has 0 aliphatic heterocycles. The van der Waals surface area contributed by atoms with E-state index in [9.17, 15) is 0 Å². The predicted octanol–water partition coefficient (Wildman–Crippen LogP) is 5.40. The Balaban J connectivity index is 2.35. The van der Waals surface area contributed by atoms with Gasteiger partial charge in [-0.1, -0.05) is 59.6 Å². The van der Waals surface area contributed by atoms with Crippen LogP contribution in [0.4, 0.5) is 0 Å². The van der Waals surface area contributed by atoms with Gasteiger partial charge >= 0.3 is 0 Å². The van der Waals surface area contributed by atoms with Gasteiger partial charge in [-0.3, -0.25) is 0 Å². The van der Waals surface area contributed by atoms with Gasteiger partial charge in [0, 0.05) is 0 Å². The lowest BCUT2D eigenvalue weighted by Crippen LogP contribution is -1.94. The first-order chi connectivity index (χ1) is 8.25. The molecule has 0 fully saturated rings. The Bertz CT molecular complexity index is 647. The molecular weight excluding hydrogens is 251 g/mol. The van der Waals surface area contributed by atoms with E-state index in [2.05, 4.69) is 36.4 Å². The fourth-order valence-electron chi connectivity index (χ4n) is 2.25. The van der Waals surface area contributed by atoms with Gasteiger partial charge < -0.3 is 0 Å². The van der Waals surface area contributed by atoms with Gasteiger partial charge in [-0.25, -0.2) is 0 Å². The number of benzene rings is 2. The summed E-state index contributed by atoms with van der Waals surface area (Å²) in [6.45, 7) is 0. The number of halogens is 2. The predicted molar refractivity (Wildman–Crippen MR) is 76.2 cm³/mol. The van der Waals surface area contributed by atoms with E-state index in [1.54, 1.807) is 0 Å². The van der Waals surface area contributed by atoms with E-state index in [0.29, 0.717) is 4.49 Å². The first kappa shape index (κ1) is 10.9. The molecule has 0 nitrogen and oxygen atoms in total. The molecule has 2 heteroatoms. The van der Waals surface area contributed by atoms with Crippen molar-refractivity contribution in [3.05, 3.63) is 58.1 Å². The summed E-state index contributed by atoms with van der Waals surface area (Å²) in [5.41, 5.74) is 3.34. The van der Waals surface area contributed by atoms with Gasteiger partial charge in [-0.05, 0) is 46.0 Å². The van der Waals surface area contributed by atoms with Crippen LogP contribution in [0, 0.1) is 0 Å². The SMILES string of the molecule is ClC(Cl)=C1CC=Cc2cc3ccccc3cc21. The number of fused-ring (bicyclic) bond motifs is 2. The standard InChI is InChI=1S/C15H10Cl2/c16-15(17)13-7-3-6-12-8-10-4-1-2-5-11(10)9-14(12)13/h1-6,8-9H,7H2. The van der Waals surface area contributed by atoms with Crippen LogP contribution in [-0.4, -0.2) is 0 Å². The summed E-state index contributed by atoms with van der Waals surface area (Å²) in [5.74, 6) is 0. The van der Waals surface area contributed by atoms with Crippen molar-refractivity contribution in [1.82, 2.24) is 0 Å². The van der Waals surface area contributed by atoms with Crippen LogP contribution in [0.5, 0.6) is 0 Å². The van der Waals surface area contributed by atoms with Crippen molar-refractivity contribution in [2.24, 2.45) is 0 Å². The molecule has 0 saturated heterocycles. The molecule has 0 unspecified atom stereocenters. The van der Waals surface area contributed by atoms with Crippen molar-refractivity contribution in [1.29, 1.82) is 0 Å². The van der Waals surface area contributed by atoms with Crippen molar-refractivity contribution < 1.29 is 0 Å². The molecule has 17 heavy (non-hydrogen) atoms. The molecule has 2 aromatic carbocycles. The summed E-state index contributed by atoms with van der Waals surface area (Å²) in [7, 11) is 0. The zero-order chi connectivity index (χ0) is 11.8. The Hall–Kier alpha value is -1.24. The second-order valence-electron chi connectivity index (χ2n) is 4.13. The summed E-state index contributed by atoms with van der Waals surface area (Å²) < 4.78 is 0.367. The van der Waals surface area contributed by atoms with Gasteiger partial charge in [0.2, 0.25) is 0 Å². The quantitative estimate of drug-likeness (QED) is 0.595. The molecule has 0 atom stereocenters. The summed E-state index contributed by atoms with van der Waals surface area (Å²) >= 11 is 11.9. The van der Waals surface area contributed by atoms with Crippen molar-refractivity contribution in [2.45, 2.75) is 6.42 Å². The second kappa shape index (κ2) is 4.21. The van der Waals surface area contributed by atoms with E-state index >= 15 is 0 Å². The zero-order valence-electron chi connectivity index (χ0n) is 9.08. The van der Waals surface area contributed by atoms with Gasteiger partial charge in [0.15, 0.2) is 0 Å². The summed E-state index contributed by atoms with van der Waals surface area (Å²) in [4.78, 5) is 0. The Labute approximate surface area is 110 Å². The Morgan fingerprint density at radius 2 is 1.71 bits per heavy atom. The lowest BCUT2D eigenvalue weighted by molar-refractivity contribution is 1.37. The van der Waals surface area contributed by atoms with E-state index in [0.717, 1.165) is 17.6 Å². The van der Waals surface area contributed by atoms with E-state index < -0.39 is 0 Å². The van der Waals surface area contributed by atoms with Crippen LogP contribution in [0.1, 0.15) is 17.5 Å². The van der Waals surface area contributed by atoms with Crippen LogP contribution >= 0.6 is 23.2 Å². The molecule has 0 spiro atoms. The molecule has 0 bridgehead atoms. The molecule has 0 N–H and O–H groups in total. The lowest BCUT2D eigenvalue weighted by atomic mass is 9.91. The van der Waals surface area contributed by atoms with E-state index in [4.69, 9.17) is 23.2 Å². The topological polar surface area (TPSA) is 0 Å². The minimum atomic E-state index is 0.367. The molecule has 0 aromatic heterocycles. The number of rotatable bonds is 0. The third-order valence-corrected chi connectivity index (χ3v) is 3.55. The maximum Gasteiger partial charge on any atom is 0.110 e. The lowest BCUT2D eigenvalue weighted by Gasteiger charge is -2.15. The van der Waals surface area contributed by atoms with E-state index in [-0.39, 0.29) is 0 Å². The molecule has 1 aliphatic rings. The molecular formula is C15H10Cl2. The van der Waals surface area contributed by atoms with Gasteiger partial charge in [0.1, 0.15) is 4.49 Å². The fourth-order valence-corrected chi connectivity index (χ4v) is 2.61. The summed E-state index contributed by atoms with van der Waals surface area (Å²) in [5, 5.41) is 2.46. The highest BCUT2D eigenvalue weighted by Gasteiger charge is 2.13. The molecule has 0 heterocycles. The van der Waals surface area contributed by atoms with Crippen molar-refractivity contribution in [2.75, 3.05) is 0 Å². The van der Waals surface area contributed by atoms with Crippen LogP contribution in [0.25, 0.3) is 22.4 Å². The monoisotopic (exact) mass is 260 g/mol. The average molecular weight is 261 g/mol. The summed E-state index contributed by atoms with van der Waals surface area (Å²) in [6.07, 6.45) is 5.02. The van der Waals surface area contributed by atoms with Crippen molar-refractivity contribution in [3.63, 3.8) is 0 Å². The van der Waals surface area contributed by atoms with Crippen LogP contribution in [0.3, 0.4) is 0 Å². The third kappa shape index (κ3) is 1.88. The minimum absolute atomic E-state index is 0.367. The van der Waals surface area contributed by atoms with Crippen LogP contribution in [-0.2, 0) is 0 Å². The first-order valence-corrected chi connectivity index (χ1v) is 6.25. The van der Waals surface area contributed by atoms with E-state index in [1.807, 2.05) is 12.1 Å². The number of hydrogen-bond acceptors (Lipinski definition) is 0. The smallest absolute Gasteiger partial charge is 0.0794 e. The third-order valence-electron chi connectivity index (χ3n) is 3.09. The Kier molecular flexibility index (Phi) is 2.70. The van der Waals surface area contributed by atoms with Gasteiger partial charge in [-0.15, -0.1) is 0 Å². The Morgan fingerprint density at radius 1 is 1.00 bits per heavy atom. The molecule has 2 aromatic rings. The number of allylic oxidation sites excluding steroid dienone is 2. The van der Waals surface area contributed by atoms with Crippen LogP contribution in [0.2, 0.25) is 0 Å². The minimum Gasteiger partial charge on any atom is -0.0794 e. The van der Waals surface area contributed by atoms with Crippen molar-refractivity contribution in [3.8, 4) is 0 Å². The zero-order valence-corrected chi connectivity index (χ0v) is 10.6. The van der Waals surface area contributed by atoms with Crippen LogP contribution in [0.15, 0.2) is 47.0 Å². The maximum atomic E-state index is 5.95. The maximum absolute atomic E-state index is 5.95. The molecule has 0 amide bonds. The molecule has 0 radical (unpaired) electrons. The largest absolute Gasteiger partial charge is 0.110 e. The molecule has 3 rings (SSSR count). The van der Waals surface area contributed by atoms with Gasteiger partial charge in [-0.2, -0.15) is 0 Å².